The van der Waals surface area contributed by atoms with Gasteiger partial charge in [-0.25, -0.2) is 18.7 Å². The molecule has 0 amide bonds. The Labute approximate surface area is 230 Å². The van der Waals surface area contributed by atoms with Gasteiger partial charge in [0.2, 0.25) is 0 Å². The molecule has 1 N–H and O–H groups in total. The van der Waals surface area contributed by atoms with Gasteiger partial charge in [0.25, 0.3) is 5.56 Å². The monoisotopic (exact) mass is 553 g/mol. The van der Waals surface area contributed by atoms with Crippen LogP contribution in [0.5, 0.6) is 5.75 Å². The Morgan fingerprint density at radius 1 is 1.18 bits per heavy atom. The third-order valence-electron chi connectivity index (χ3n) is 5.98. The average molecular weight is 554 g/mol. The van der Waals surface area contributed by atoms with Crippen LogP contribution in [-0.2, 0) is 18.6 Å². The standard InChI is InChI=1S/C28H24ClF2N5O3/c1-28(2,38)27-32-9-8-20(35-27)21-12-23-16(13-33-21)6-4-3-5-7-18-11-24(25(29)26(37)36(18)23)39-15-22-19(31)10-17(30)14-34-22/h5,7-14,38H,3-4,6,15H2,1-2H3/b7-5+/i15D2. The van der Waals surface area contributed by atoms with Crippen LogP contribution in [0.3, 0.4) is 0 Å². The molecule has 5 heterocycles. The second kappa shape index (κ2) is 10.6. The predicted molar refractivity (Wildman–Crippen MR) is 142 cm³/mol. The quantitative estimate of drug-likeness (QED) is 0.363. The van der Waals surface area contributed by atoms with Gasteiger partial charge in [-0.2, -0.15) is 0 Å². The molecule has 5 rings (SSSR count). The number of hydrogen-bond donors (Lipinski definition) is 1. The van der Waals surface area contributed by atoms with E-state index in [2.05, 4.69) is 19.9 Å². The number of halogens is 3. The van der Waals surface area contributed by atoms with Crippen molar-refractivity contribution in [2.45, 2.75) is 45.3 Å². The van der Waals surface area contributed by atoms with Crippen molar-refractivity contribution >= 4 is 17.7 Å². The second-order valence-corrected chi connectivity index (χ2v) is 9.77. The zero-order chi connectivity index (χ0) is 29.5. The zero-order valence-electron chi connectivity index (χ0n) is 23.0. The molecule has 0 atom stereocenters. The van der Waals surface area contributed by atoms with Crippen LogP contribution >= 0.6 is 11.6 Å². The lowest BCUT2D eigenvalue weighted by molar-refractivity contribution is 0.0688. The maximum Gasteiger partial charge on any atom is 0.278 e. The minimum Gasteiger partial charge on any atom is -0.485 e. The number of aryl methyl sites for hydroxylation is 1. The molecule has 8 nitrogen and oxygen atoms in total. The summed E-state index contributed by atoms with van der Waals surface area (Å²) in [7, 11) is 0. The van der Waals surface area contributed by atoms with Crippen LogP contribution < -0.4 is 10.3 Å². The smallest absolute Gasteiger partial charge is 0.278 e. The molecule has 0 bridgehead atoms. The molecule has 11 heteroatoms. The lowest BCUT2D eigenvalue weighted by Gasteiger charge is -2.18. The summed E-state index contributed by atoms with van der Waals surface area (Å²) in [6, 6.07) is 5.17. The van der Waals surface area contributed by atoms with Crippen LogP contribution in [0.4, 0.5) is 8.78 Å². The summed E-state index contributed by atoms with van der Waals surface area (Å²) >= 11 is 6.43. The first-order valence-corrected chi connectivity index (χ1v) is 12.4. The largest absolute Gasteiger partial charge is 0.485 e. The highest BCUT2D eigenvalue weighted by Crippen LogP contribution is 2.30. The fraction of sp³-hybridized carbons (Fsp3) is 0.250. The van der Waals surface area contributed by atoms with Gasteiger partial charge in [-0.1, -0.05) is 17.7 Å². The summed E-state index contributed by atoms with van der Waals surface area (Å²) in [6.07, 6.45) is 9.41. The van der Waals surface area contributed by atoms with E-state index >= 15 is 0 Å². The van der Waals surface area contributed by atoms with Gasteiger partial charge in [0.05, 0.1) is 31.7 Å². The number of ether oxygens (including phenoxy) is 1. The zero-order valence-corrected chi connectivity index (χ0v) is 21.7. The number of nitrogens with zero attached hydrogens (tertiary/aromatic N) is 5. The lowest BCUT2D eigenvalue weighted by Crippen LogP contribution is -2.23. The van der Waals surface area contributed by atoms with Gasteiger partial charge in [0.15, 0.2) is 11.6 Å². The molecule has 0 saturated heterocycles. The fourth-order valence-corrected chi connectivity index (χ4v) is 4.22. The molecule has 200 valence electrons. The molecule has 0 fully saturated rings. The highest BCUT2D eigenvalue weighted by molar-refractivity contribution is 6.31. The number of pyridine rings is 3. The topological polar surface area (TPSA) is 103 Å². The summed E-state index contributed by atoms with van der Waals surface area (Å²) in [5, 5.41) is 9.91. The van der Waals surface area contributed by atoms with Crippen molar-refractivity contribution in [1.82, 2.24) is 24.5 Å². The second-order valence-electron chi connectivity index (χ2n) is 9.39. The number of fused-ring (bicyclic) bond motifs is 3. The molecule has 1 aliphatic rings. The minimum absolute atomic E-state index is 0.201. The maximum absolute atomic E-state index is 14.3. The first-order chi connectivity index (χ1) is 19.3. The van der Waals surface area contributed by atoms with Crippen molar-refractivity contribution in [2.24, 2.45) is 0 Å². The number of hydrogen-bond acceptors (Lipinski definition) is 7. The molecular formula is C28H24ClF2N5O3. The normalized spacial score (nSPS) is 15.1. The van der Waals surface area contributed by atoms with Gasteiger partial charge in [0.1, 0.15) is 34.4 Å². The van der Waals surface area contributed by atoms with Crippen molar-refractivity contribution in [3.05, 3.63) is 98.7 Å². The number of aromatic nitrogens is 5. The van der Waals surface area contributed by atoms with Crippen LogP contribution in [0.2, 0.25) is 5.02 Å². The van der Waals surface area contributed by atoms with Gasteiger partial charge < -0.3 is 9.84 Å². The Balaban J connectivity index is 1.64. The van der Waals surface area contributed by atoms with E-state index in [1.807, 2.05) is 6.08 Å². The van der Waals surface area contributed by atoms with E-state index in [-0.39, 0.29) is 11.6 Å². The number of aliphatic hydroxyl groups is 1. The van der Waals surface area contributed by atoms with Crippen LogP contribution in [0, 0.1) is 11.6 Å². The van der Waals surface area contributed by atoms with Crippen LogP contribution in [0.1, 0.15) is 52.2 Å². The summed E-state index contributed by atoms with van der Waals surface area (Å²) in [5.41, 5.74) is -0.396. The van der Waals surface area contributed by atoms with Gasteiger partial charge in [-0.15, -0.1) is 0 Å². The van der Waals surface area contributed by atoms with Gasteiger partial charge in [0, 0.05) is 24.5 Å². The van der Waals surface area contributed by atoms with Gasteiger partial charge in [-0.05, 0) is 56.9 Å². The van der Waals surface area contributed by atoms with Crippen LogP contribution in [0.15, 0.2) is 53.7 Å². The van der Waals surface area contributed by atoms with E-state index in [0.29, 0.717) is 47.9 Å². The Morgan fingerprint density at radius 3 is 2.77 bits per heavy atom. The predicted octanol–water partition coefficient (Wildman–Crippen LogP) is 5.17. The van der Waals surface area contributed by atoms with Crippen molar-refractivity contribution in [3.8, 4) is 22.8 Å². The molecule has 1 aliphatic heterocycles. The van der Waals surface area contributed by atoms with E-state index in [1.165, 1.54) is 16.8 Å². The van der Waals surface area contributed by atoms with Crippen molar-refractivity contribution in [3.63, 3.8) is 0 Å². The van der Waals surface area contributed by atoms with Gasteiger partial charge in [-0.3, -0.25) is 19.3 Å². The summed E-state index contributed by atoms with van der Waals surface area (Å²) in [4.78, 5) is 30.3. The molecule has 0 radical (unpaired) electrons. The Morgan fingerprint density at radius 2 is 2.00 bits per heavy atom. The average Bonchev–Trinajstić information content (AvgIpc) is 2.99. The Hall–Kier alpha value is -4.02. The molecule has 0 aromatic carbocycles. The summed E-state index contributed by atoms with van der Waals surface area (Å²) in [5.74, 6) is -2.38. The molecule has 4 aromatic rings. The number of rotatable bonds is 5. The molecule has 0 unspecified atom stereocenters. The molecular weight excluding hydrogens is 528 g/mol. The van der Waals surface area contributed by atoms with Gasteiger partial charge >= 0.3 is 0 Å². The van der Waals surface area contributed by atoms with Crippen molar-refractivity contribution in [1.29, 1.82) is 0 Å². The van der Waals surface area contributed by atoms with E-state index < -0.39 is 40.1 Å². The molecule has 0 aliphatic carbocycles. The third kappa shape index (κ3) is 5.57. The van der Waals surface area contributed by atoms with E-state index in [4.69, 9.17) is 19.1 Å². The Bertz CT molecular complexity index is 1740. The van der Waals surface area contributed by atoms with Crippen LogP contribution in [0.25, 0.3) is 23.2 Å². The third-order valence-corrected chi connectivity index (χ3v) is 6.33. The van der Waals surface area contributed by atoms with Crippen LogP contribution in [-0.4, -0.2) is 29.6 Å². The SMILES string of the molecule is [2H]C([2H])(Oc1cc2n(c(=O)c1Cl)-c1cc(-c3ccnc(C(C)(C)O)n3)ncc1CCC/C=C/2)c1ncc(F)cc1F. The minimum atomic E-state index is -2.88. The van der Waals surface area contributed by atoms with Crippen molar-refractivity contribution < 1.29 is 21.4 Å². The van der Waals surface area contributed by atoms with E-state index in [0.717, 1.165) is 12.0 Å². The fourth-order valence-electron chi connectivity index (χ4n) is 4.05. The maximum atomic E-state index is 14.3. The van der Waals surface area contributed by atoms with Crippen molar-refractivity contribution in [2.75, 3.05) is 0 Å². The molecule has 0 spiro atoms. The Kier molecular flexibility index (Phi) is 6.55. The highest BCUT2D eigenvalue weighted by atomic mass is 35.5. The van der Waals surface area contributed by atoms with E-state index in [9.17, 15) is 18.7 Å². The molecule has 0 saturated carbocycles. The first kappa shape index (κ1) is 24.1. The summed E-state index contributed by atoms with van der Waals surface area (Å²) < 4.78 is 50.9. The molecule has 39 heavy (non-hydrogen) atoms. The molecule has 4 aromatic heterocycles. The van der Waals surface area contributed by atoms with E-state index in [1.54, 1.807) is 38.3 Å². The number of allylic oxidation sites excluding steroid dienone is 1. The summed E-state index contributed by atoms with van der Waals surface area (Å²) in [6.45, 7) is 0.252. The lowest BCUT2D eigenvalue weighted by atomic mass is 10.1. The first-order valence-electron chi connectivity index (χ1n) is 13.0. The highest BCUT2D eigenvalue weighted by Gasteiger charge is 2.22.